The summed E-state index contributed by atoms with van der Waals surface area (Å²) >= 11 is 0. The number of ether oxygens (including phenoxy) is 1. The van der Waals surface area contributed by atoms with Crippen LogP contribution >= 0.6 is 0 Å². The number of aromatic nitrogens is 2. The monoisotopic (exact) mass is 305 g/mol. The molecule has 1 aromatic rings. The number of nitrogens with one attached hydrogen (secondary N) is 2. The van der Waals surface area contributed by atoms with Crippen LogP contribution in [0.15, 0.2) is 12.4 Å². The summed E-state index contributed by atoms with van der Waals surface area (Å²) in [6, 6.07) is 0.00151. The molecule has 2 N–H and O–H groups in total. The van der Waals surface area contributed by atoms with Crippen molar-refractivity contribution in [3.8, 4) is 0 Å². The lowest BCUT2D eigenvalue weighted by molar-refractivity contribution is -0.187. The lowest BCUT2D eigenvalue weighted by Gasteiger charge is -2.35. The second-order valence-corrected chi connectivity index (χ2v) is 4.63. The molecule has 1 atom stereocenters. The molecule has 0 bridgehead atoms. The molecule has 1 aliphatic heterocycles. The third kappa shape index (κ3) is 4.43. The van der Waals surface area contributed by atoms with Crippen molar-refractivity contribution in [3.63, 3.8) is 0 Å². The number of alkyl halides is 3. The Hall–Kier alpha value is -1.61. The van der Waals surface area contributed by atoms with Crippen LogP contribution in [0, 0.1) is 0 Å². The smallest absolute Gasteiger partial charge is 0.379 e. The van der Waals surface area contributed by atoms with Crippen molar-refractivity contribution in [1.82, 2.24) is 14.9 Å². The summed E-state index contributed by atoms with van der Waals surface area (Å²) < 4.78 is 44.7. The molecular formula is C12H18F3N5O. The van der Waals surface area contributed by atoms with Crippen LogP contribution in [0.1, 0.15) is 0 Å². The van der Waals surface area contributed by atoms with E-state index in [9.17, 15) is 13.2 Å². The molecule has 0 radical (unpaired) electrons. The summed E-state index contributed by atoms with van der Waals surface area (Å²) in [5.41, 5.74) is 0. The first-order valence-electron chi connectivity index (χ1n) is 6.63. The van der Waals surface area contributed by atoms with Crippen LogP contribution in [0.5, 0.6) is 0 Å². The maximum Gasteiger partial charge on any atom is 0.405 e. The molecule has 0 saturated carbocycles. The topological polar surface area (TPSA) is 62.3 Å². The Morgan fingerprint density at radius 3 is 2.57 bits per heavy atom. The van der Waals surface area contributed by atoms with Crippen LogP contribution in [-0.2, 0) is 4.74 Å². The molecule has 118 valence electrons. The second kappa shape index (κ2) is 6.90. The van der Waals surface area contributed by atoms with Gasteiger partial charge in [0.25, 0.3) is 0 Å². The molecule has 21 heavy (non-hydrogen) atoms. The highest BCUT2D eigenvalue weighted by molar-refractivity contribution is 5.46. The van der Waals surface area contributed by atoms with Gasteiger partial charge in [-0.1, -0.05) is 0 Å². The lowest BCUT2D eigenvalue weighted by atomic mass is 10.2. The molecule has 1 saturated heterocycles. The summed E-state index contributed by atoms with van der Waals surface area (Å²) in [5, 5.41) is 5.54. The maximum absolute atomic E-state index is 13.2. The molecular weight excluding hydrogens is 287 g/mol. The van der Waals surface area contributed by atoms with E-state index in [2.05, 4.69) is 20.6 Å². The van der Waals surface area contributed by atoms with E-state index in [0.29, 0.717) is 24.8 Å². The van der Waals surface area contributed by atoms with Crippen molar-refractivity contribution < 1.29 is 17.9 Å². The van der Waals surface area contributed by atoms with Crippen molar-refractivity contribution in [3.05, 3.63) is 12.4 Å². The Morgan fingerprint density at radius 1 is 1.29 bits per heavy atom. The molecule has 0 amide bonds. The van der Waals surface area contributed by atoms with Gasteiger partial charge in [0.15, 0.2) is 0 Å². The Labute approximate surface area is 120 Å². The zero-order chi connectivity index (χ0) is 15.3. The molecule has 1 aliphatic rings. The van der Waals surface area contributed by atoms with Crippen LogP contribution in [-0.4, -0.2) is 67.0 Å². The molecule has 1 fully saturated rings. The third-order valence-corrected chi connectivity index (χ3v) is 3.26. The van der Waals surface area contributed by atoms with Gasteiger partial charge in [0.05, 0.1) is 13.2 Å². The van der Waals surface area contributed by atoms with E-state index in [1.54, 1.807) is 13.1 Å². The van der Waals surface area contributed by atoms with Gasteiger partial charge in [-0.25, -0.2) is 9.97 Å². The zero-order valence-electron chi connectivity index (χ0n) is 11.7. The van der Waals surface area contributed by atoms with Gasteiger partial charge in [-0.3, -0.25) is 4.90 Å². The minimum absolute atomic E-state index is 0.260. The van der Waals surface area contributed by atoms with Crippen molar-refractivity contribution in [2.45, 2.75) is 12.2 Å². The minimum atomic E-state index is -4.30. The maximum atomic E-state index is 13.2. The highest BCUT2D eigenvalue weighted by Gasteiger charge is 2.43. The number of rotatable bonds is 5. The molecule has 0 aromatic carbocycles. The first-order valence-corrected chi connectivity index (χ1v) is 6.63. The van der Waals surface area contributed by atoms with E-state index >= 15 is 0 Å². The zero-order valence-corrected chi connectivity index (χ0v) is 11.7. The van der Waals surface area contributed by atoms with Crippen LogP contribution in [0.25, 0.3) is 0 Å². The van der Waals surface area contributed by atoms with Crippen molar-refractivity contribution in [2.24, 2.45) is 0 Å². The number of hydrogen-bond acceptors (Lipinski definition) is 6. The number of anilines is 2. The van der Waals surface area contributed by atoms with Gasteiger partial charge in [0.2, 0.25) is 0 Å². The van der Waals surface area contributed by atoms with Gasteiger partial charge in [-0.05, 0) is 0 Å². The largest absolute Gasteiger partial charge is 0.405 e. The van der Waals surface area contributed by atoms with Gasteiger partial charge < -0.3 is 15.4 Å². The SMILES string of the molecule is CNc1cc(NCC(N2CCOCC2)C(F)(F)F)ncn1. The molecule has 0 aliphatic carbocycles. The predicted octanol–water partition coefficient (Wildman–Crippen LogP) is 1.19. The predicted molar refractivity (Wildman–Crippen MR) is 72.3 cm³/mol. The third-order valence-electron chi connectivity index (χ3n) is 3.26. The van der Waals surface area contributed by atoms with E-state index < -0.39 is 12.2 Å². The summed E-state index contributed by atoms with van der Waals surface area (Å²) in [5.74, 6) is 0.902. The van der Waals surface area contributed by atoms with Crippen LogP contribution in [0.3, 0.4) is 0 Å². The number of morpholine rings is 1. The number of nitrogens with zero attached hydrogens (tertiary/aromatic N) is 3. The van der Waals surface area contributed by atoms with Gasteiger partial charge >= 0.3 is 6.18 Å². The average Bonchev–Trinajstić information content (AvgIpc) is 2.47. The van der Waals surface area contributed by atoms with E-state index in [4.69, 9.17) is 4.74 Å². The van der Waals surface area contributed by atoms with E-state index in [1.807, 2.05) is 0 Å². The standard InChI is InChI=1S/C12H18F3N5O/c1-16-10-6-11(19-8-18-10)17-7-9(12(13,14)15)20-2-4-21-5-3-20/h6,8-9H,2-5,7H2,1H3,(H2,16,17,18,19). The summed E-state index contributed by atoms with van der Waals surface area (Å²) in [6.07, 6.45) is -3.01. The quantitative estimate of drug-likeness (QED) is 0.852. The van der Waals surface area contributed by atoms with E-state index in [-0.39, 0.29) is 19.6 Å². The average molecular weight is 305 g/mol. The molecule has 0 spiro atoms. The van der Waals surface area contributed by atoms with Crippen LogP contribution in [0.4, 0.5) is 24.8 Å². The minimum Gasteiger partial charge on any atom is -0.379 e. The molecule has 1 unspecified atom stereocenters. The van der Waals surface area contributed by atoms with E-state index in [1.165, 1.54) is 11.2 Å². The molecule has 2 heterocycles. The van der Waals surface area contributed by atoms with Gasteiger partial charge in [-0.2, -0.15) is 13.2 Å². The van der Waals surface area contributed by atoms with Crippen molar-refractivity contribution >= 4 is 11.6 Å². The van der Waals surface area contributed by atoms with Crippen LogP contribution in [0.2, 0.25) is 0 Å². The molecule has 9 heteroatoms. The molecule has 6 nitrogen and oxygen atoms in total. The number of halogens is 3. The highest BCUT2D eigenvalue weighted by atomic mass is 19.4. The first-order chi connectivity index (χ1) is 10.0. The summed E-state index contributed by atoms with van der Waals surface area (Å²) in [6.45, 7) is 0.937. The fourth-order valence-electron chi connectivity index (χ4n) is 2.13. The Morgan fingerprint density at radius 2 is 1.95 bits per heavy atom. The fraction of sp³-hybridized carbons (Fsp3) is 0.667. The van der Waals surface area contributed by atoms with Crippen molar-refractivity contribution in [2.75, 3.05) is 50.5 Å². The Balaban J connectivity index is 2.01. The summed E-state index contributed by atoms with van der Waals surface area (Å²) in [4.78, 5) is 9.21. The molecule has 2 rings (SSSR count). The fourth-order valence-corrected chi connectivity index (χ4v) is 2.13. The van der Waals surface area contributed by atoms with Gasteiger partial charge in [0.1, 0.15) is 24.0 Å². The van der Waals surface area contributed by atoms with Gasteiger partial charge in [0, 0.05) is 32.7 Å². The van der Waals surface area contributed by atoms with Crippen molar-refractivity contribution in [1.29, 1.82) is 0 Å². The lowest BCUT2D eigenvalue weighted by Crippen LogP contribution is -2.53. The van der Waals surface area contributed by atoms with E-state index in [0.717, 1.165) is 0 Å². The first kappa shape index (κ1) is 15.8. The number of hydrogen-bond donors (Lipinski definition) is 2. The summed E-state index contributed by atoms with van der Waals surface area (Å²) in [7, 11) is 1.68. The Bertz CT molecular complexity index is 451. The van der Waals surface area contributed by atoms with Gasteiger partial charge in [-0.15, -0.1) is 0 Å². The Kier molecular flexibility index (Phi) is 5.18. The normalized spacial score (nSPS) is 18.3. The highest BCUT2D eigenvalue weighted by Crippen LogP contribution is 2.26. The second-order valence-electron chi connectivity index (χ2n) is 4.63. The molecule has 1 aromatic heterocycles. The van der Waals surface area contributed by atoms with Crippen LogP contribution < -0.4 is 10.6 Å².